The fourth-order valence-corrected chi connectivity index (χ4v) is 5.74. The second-order valence-electron chi connectivity index (χ2n) is 11.8. The number of ether oxygens (including phenoxy) is 1. The first-order valence-corrected chi connectivity index (χ1v) is 14.2. The number of nitrogens with two attached hydrogens (primary N) is 1. The first kappa shape index (κ1) is 30.3. The first-order chi connectivity index (χ1) is 20.4. The molecule has 1 fully saturated rings. The smallest absolute Gasteiger partial charge is 0.382 e. The Kier molecular flexibility index (Phi) is 8.59. The summed E-state index contributed by atoms with van der Waals surface area (Å²) in [6.45, 7) is 3.98. The van der Waals surface area contributed by atoms with Crippen LogP contribution < -0.4 is 15.9 Å². The monoisotopic (exact) mass is 597 g/mol. The highest BCUT2D eigenvalue weighted by Gasteiger charge is 2.45. The molecule has 0 bridgehead atoms. The highest BCUT2D eigenvalue weighted by Crippen LogP contribution is 2.42. The topological polar surface area (TPSA) is 121 Å². The summed E-state index contributed by atoms with van der Waals surface area (Å²) >= 11 is 0. The van der Waals surface area contributed by atoms with E-state index in [1.54, 1.807) is 24.4 Å². The minimum atomic E-state index is -4.79. The van der Waals surface area contributed by atoms with Gasteiger partial charge in [-0.3, -0.25) is 9.59 Å². The van der Waals surface area contributed by atoms with Gasteiger partial charge in [0.1, 0.15) is 0 Å². The number of nitrogens with one attached hydrogen (secondary N) is 1. The summed E-state index contributed by atoms with van der Waals surface area (Å²) in [5.74, 6) is -0.612. The van der Waals surface area contributed by atoms with Crippen LogP contribution in [0, 0.1) is 5.41 Å². The second-order valence-corrected chi connectivity index (χ2v) is 11.8. The summed E-state index contributed by atoms with van der Waals surface area (Å²) in [5.41, 5.74) is 4.67. The van der Waals surface area contributed by atoms with Gasteiger partial charge in [0.05, 0.1) is 41.4 Å². The molecule has 9 nitrogen and oxygen atoms in total. The number of amides is 1. The lowest BCUT2D eigenvalue weighted by atomic mass is 9.75. The average molecular weight is 598 g/mol. The number of Topliss-reactive ketones (excluding diaryl/α,β-unsaturated/α-hetero) is 1. The van der Waals surface area contributed by atoms with E-state index in [9.17, 15) is 22.8 Å². The van der Waals surface area contributed by atoms with Crippen molar-refractivity contribution in [3.63, 3.8) is 0 Å². The molecule has 1 amide bonds. The highest BCUT2D eigenvalue weighted by molar-refractivity contribution is 6.00. The number of oxime groups is 1. The number of hydrogen-bond donors (Lipinski definition) is 2. The van der Waals surface area contributed by atoms with Gasteiger partial charge in [-0.1, -0.05) is 37.2 Å². The zero-order valence-corrected chi connectivity index (χ0v) is 24.0. The Morgan fingerprint density at radius 3 is 2.53 bits per heavy atom. The van der Waals surface area contributed by atoms with Gasteiger partial charge in [-0.2, -0.15) is 18.3 Å². The van der Waals surface area contributed by atoms with E-state index in [0.29, 0.717) is 23.7 Å². The lowest BCUT2D eigenvalue weighted by Gasteiger charge is -2.30. The van der Waals surface area contributed by atoms with Crippen molar-refractivity contribution in [1.82, 2.24) is 9.78 Å². The van der Waals surface area contributed by atoms with Crippen molar-refractivity contribution in [2.75, 3.05) is 11.9 Å². The molecule has 3 aromatic rings. The summed E-state index contributed by atoms with van der Waals surface area (Å²) in [4.78, 5) is 30.3. The van der Waals surface area contributed by atoms with Crippen molar-refractivity contribution in [3.05, 3.63) is 71.0 Å². The Labute approximate surface area is 247 Å². The molecule has 228 valence electrons. The lowest BCUT2D eigenvalue weighted by molar-refractivity contribution is -0.141. The third kappa shape index (κ3) is 7.07. The van der Waals surface area contributed by atoms with Crippen molar-refractivity contribution >= 4 is 23.6 Å². The molecular weight excluding hydrogens is 563 g/mol. The van der Waals surface area contributed by atoms with Gasteiger partial charge >= 0.3 is 6.18 Å². The Morgan fingerprint density at radius 1 is 1.14 bits per heavy atom. The second kappa shape index (κ2) is 12.2. The van der Waals surface area contributed by atoms with Crippen LogP contribution in [0.25, 0.3) is 5.69 Å². The summed E-state index contributed by atoms with van der Waals surface area (Å²) in [6.07, 6.45) is 0.0431. The van der Waals surface area contributed by atoms with Gasteiger partial charge in [0.15, 0.2) is 17.2 Å². The van der Waals surface area contributed by atoms with Gasteiger partial charge in [0.25, 0.3) is 5.91 Å². The van der Waals surface area contributed by atoms with Crippen LogP contribution in [-0.4, -0.2) is 46.4 Å². The van der Waals surface area contributed by atoms with Crippen molar-refractivity contribution in [1.29, 1.82) is 0 Å². The van der Waals surface area contributed by atoms with E-state index in [4.69, 9.17) is 15.3 Å². The van der Waals surface area contributed by atoms with E-state index in [-0.39, 0.29) is 41.8 Å². The number of alkyl halides is 3. The van der Waals surface area contributed by atoms with Gasteiger partial charge in [-0.25, -0.2) is 4.68 Å². The predicted molar refractivity (Wildman–Crippen MR) is 155 cm³/mol. The standard InChI is InChI=1S/C31H34F3N5O4/c1-30(2)17-25-27(26(40)18-30)28(31(32,33)34)38-39(25)20-10-13-23(29(35)41)24(16-20)37-19-8-11-21(12-9-19)42-15-14-36-43-22-6-4-3-5-7-22/h3-7,10,13-14,16,19,21,37H,8-9,11-12,15,17-18H2,1-2H3,(H2,35,41)/b36-14-. The van der Waals surface area contributed by atoms with Crippen LogP contribution in [0.4, 0.5) is 18.9 Å². The number of aromatic nitrogens is 2. The van der Waals surface area contributed by atoms with E-state index in [2.05, 4.69) is 15.6 Å². The van der Waals surface area contributed by atoms with Crippen molar-refractivity contribution in [2.45, 2.75) is 70.7 Å². The molecule has 2 aliphatic rings. The Hall–Kier alpha value is -4.19. The Morgan fingerprint density at radius 2 is 1.86 bits per heavy atom. The van der Waals surface area contributed by atoms with Gasteiger partial charge in [0, 0.05) is 18.2 Å². The summed E-state index contributed by atoms with van der Waals surface area (Å²) in [6, 6.07) is 13.7. The van der Waals surface area contributed by atoms with Gasteiger partial charge in [0.2, 0.25) is 0 Å². The molecule has 0 atom stereocenters. The molecule has 2 aliphatic carbocycles. The SMILES string of the molecule is CC1(C)CC(=O)c2c(C(F)(F)F)nn(-c3ccc(C(N)=O)c(NC4CCC(OC/C=N\Oc5ccccc5)CC4)c3)c2C1. The molecule has 5 rings (SSSR count). The van der Waals surface area contributed by atoms with Crippen LogP contribution in [0.3, 0.4) is 0 Å². The number of hydrogen-bond acceptors (Lipinski definition) is 7. The van der Waals surface area contributed by atoms with Crippen molar-refractivity contribution in [3.8, 4) is 11.4 Å². The van der Waals surface area contributed by atoms with Gasteiger partial charge in [-0.05, 0) is 67.9 Å². The molecule has 12 heteroatoms. The number of ketones is 1. The maximum atomic E-state index is 13.9. The van der Waals surface area contributed by atoms with E-state index in [1.165, 1.54) is 16.8 Å². The number of rotatable bonds is 9. The van der Waals surface area contributed by atoms with E-state index in [1.807, 2.05) is 32.0 Å². The minimum absolute atomic E-state index is 0.00282. The summed E-state index contributed by atoms with van der Waals surface area (Å²) < 4.78 is 48.9. The fourth-order valence-electron chi connectivity index (χ4n) is 5.74. The molecule has 0 unspecified atom stereocenters. The number of para-hydroxylation sites is 1. The van der Waals surface area contributed by atoms with E-state index < -0.39 is 29.0 Å². The molecule has 3 N–H and O–H groups in total. The molecule has 43 heavy (non-hydrogen) atoms. The average Bonchev–Trinajstić information content (AvgIpc) is 3.33. The van der Waals surface area contributed by atoms with Gasteiger partial charge in [-0.15, -0.1) is 0 Å². The lowest BCUT2D eigenvalue weighted by Crippen LogP contribution is -2.31. The van der Waals surface area contributed by atoms with Crippen LogP contribution in [0.5, 0.6) is 5.75 Å². The molecule has 0 aliphatic heterocycles. The van der Waals surface area contributed by atoms with Crippen LogP contribution in [0.2, 0.25) is 0 Å². The molecule has 0 saturated heterocycles. The molecule has 1 heterocycles. The van der Waals surface area contributed by atoms with Crippen LogP contribution in [0.1, 0.15) is 78.1 Å². The predicted octanol–water partition coefficient (Wildman–Crippen LogP) is 5.95. The summed E-state index contributed by atoms with van der Waals surface area (Å²) in [5, 5.41) is 11.2. The number of nitrogens with zero attached hydrogens (tertiary/aromatic N) is 3. The molecular formula is C31H34F3N5O4. The maximum absolute atomic E-state index is 13.9. The number of halogens is 3. The molecule has 2 aromatic carbocycles. The maximum Gasteiger partial charge on any atom is 0.435 e. The van der Waals surface area contributed by atoms with E-state index in [0.717, 1.165) is 25.7 Å². The Bertz CT molecular complexity index is 1510. The third-order valence-corrected chi connectivity index (χ3v) is 7.74. The number of carbonyl (C=O) groups is 2. The fraction of sp³-hybridized carbons (Fsp3) is 0.419. The number of fused-ring (bicyclic) bond motifs is 1. The number of primary amides is 1. The minimum Gasteiger partial charge on any atom is -0.382 e. The number of benzene rings is 2. The van der Waals surface area contributed by atoms with E-state index >= 15 is 0 Å². The zero-order chi connectivity index (χ0) is 30.8. The largest absolute Gasteiger partial charge is 0.435 e. The quantitative estimate of drug-likeness (QED) is 0.232. The highest BCUT2D eigenvalue weighted by atomic mass is 19.4. The van der Waals surface area contributed by atoms with Crippen LogP contribution in [-0.2, 0) is 17.3 Å². The summed E-state index contributed by atoms with van der Waals surface area (Å²) in [7, 11) is 0. The zero-order valence-electron chi connectivity index (χ0n) is 24.0. The first-order valence-electron chi connectivity index (χ1n) is 14.2. The Balaban J connectivity index is 1.28. The number of carbonyl (C=O) groups excluding carboxylic acids is 2. The van der Waals surface area contributed by atoms with Crippen molar-refractivity contribution < 1.29 is 32.3 Å². The third-order valence-electron chi connectivity index (χ3n) is 7.74. The number of anilines is 1. The molecule has 0 radical (unpaired) electrons. The van der Waals surface area contributed by atoms with Crippen LogP contribution >= 0.6 is 0 Å². The normalized spacial score (nSPS) is 20.2. The molecule has 1 aromatic heterocycles. The van der Waals surface area contributed by atoms with Crippen LogP contribution in [0.15, 0.2) is 53.7 Å². The van der Waals surface area contributed by atoms with Crippen molar-refractivity contribution in [2.24, 2.45) is 16.3 Å². The van der Waals surface area contributed by atoms with Gasteiger partial charge < -0.3 is 20.6 Å². The molecule has 0 spiro atoms. The molecule has 1 saturated carbocycles.